The van der Waals surface area contributed by atoms with E-state index in [1.165, 1.54) is 22.9 Å². The molecule has 0 atom stereocenters. The molecule has 0 saturated carbocycles. The molecule has 4 aromatic rings. The predicted octanol–water partition coefficient (Wildman–Crippen LogP) is 4.31. The van der Waals surface area contributed by atoms with E-state index in [9.17, 15) is 18.8 Å². The second-order valence-corrected chi connectivity index (χ2v) is 9.01. The Kier molecular flexibility index (Phi) is 6.66. The molecule has 5 rings (SSSR count). The normalized spacial score (nSPS) is 14.3. The quantitative estimate of drug-likeness (QED) is 0.285. The van der Waals surface area contributed by atoms with Gasteiger partial charge in [-0.1, -0.05) is 42.0 Å². The van der Waals surface area contributed by atoms with E-state index >= 15 is 0 Å². The number of nitrogens with zero attached hydrogens (tertiary/aromatic N) is 2. The van der Waals surface area contributed by atoms with E-state index < -0.39 is 17.5 Å². The third-order valence-corrected chi connectivity index (χ3v) is 6.34. The Morgan fingerprint density at radius 3 is 2.21 bits per heavy atom. The first kappa shape index (κ1) is 24.8. The average molecular weight is 513 g/mol. The van der Waals surface area contributed by atoms with Gasteiger partial charge in [-0.05, 0) is 60.5 Å². The maximum Gasteiger partial charge on any atom is 0.329 e. The Morgan fingerprint density at radius 2 is 1.55 bits per heavy atom. The Hall–Kier alpha value is -4.92. The number of aromatic amines is 1. The molecule has 1 aromatic heterocycles. The fourth-order valence-electron chi connectivity index (χ4n) is 4.23. The van der Waals surface area contributed by atoms with Crippen LogP contribution in [0.15, 0.2) is 83.3 Å². The molecule has 0 unspecified atom stereocenters. The Morgan fingerprint density at radius 1 is 0.895 bits per heavy atom. The summed E-state index contributed by atoms with van der Waals surface area (Å²) in [6.45, 7) is 2.06. The summed E-state index contributed by atoms with van der Waals surface area (Å²) in [5.41, 5.74) is 3.51. The molecule has 9 heteroatoms. The van der Waals surface area contributed by atoms with Crippen LogP contribution in [-0.2, 0) is 17.8 Å². The van der Waals surface area contributed by atoms with Gasteiger partial charge in [-0.15, -0.1) is 0 Å². The van der Waals surface area contributed by atoms with Crippen molar-refractivity contribution in [3.8, 4) is 11.4 Å². The van der Waals surface area contributed by atoms with Crippen LogP contribution < -0.4 is 15.6 Å². The molecule has 0 spiro atoms. The number of urea groups is 1. The number of amides is 3. The van der Waals surface area contributed by atoms with Gasteiger partial charge in [-0.3, -0.25) is 19.6 Å². The minimum absolute atomic E-state index is 0.000415. The number of aryl methyl sites for hydroxylation is 1. The van der Waals surface area contributed by atoms with Crippen molar-refractivity contribution in [3.05, 3.63) is 123 Å². The summed E-state index contributed by atoms with van der Waals surface area (Å²) in [6, 6.07) is 19.8. The van der Waals surface area contributed by atoms with Gasteiger partial charge in [0.05, 0.1) is 24.9 Å². The Bertz CT molecular complexity index is 1580. The van der Waals surface area contributed by atoms with Crippen LogP contribution in [0.3, 0.4) is 0 Å². The number of aromatic nitrogens is 2. The number of imide groups is 1. The monoisotopic (exact) mass is 512 g/mol. The summed E-state index contributed by atoms with van der Waals surface area (Å²) in [7, 11) is 1.55. The van der Waals surface area contributed by atoms with Crippen molar-refractivity contribution in [2.45, 2.75) is 19.9 Å². The molecule has 38 heavy (non-hydrogen) atoms. The molecule has 1 saturated heterocycles. The third-order valence-electron chi connectivity index (χ3n) is 6.34. The van der Waals surface area contributed by atoms with Gasteiger partial charge in [0, 0.05) is 12.1 Å². The number of benzene rings is 3. The summed E-state index contributed by atoms with van der Waals surface area (Å²) in [5.74, 6) is -0.261. The van der Waals surface area contributed by atoms with Gasteiger partial charge < -0.3 is 10.1 Å². The molecule has 3 amide bonds. The van der Waals surface area contributed by atoms with Crippen molar-refractivity contribution < 1.29 is 18.7 Å². The molecule has 8 nitrogen and oxygen atoms in total. The molecule has 0 aliphatic carbocycles. The van der Waals surface area contributed by atoms with Gasteiger partial charge in [-0.25, -0.2) is 13.9 Å². The minimum atomic E-state index is -0.562. The van der Waals surface area contributed by atoms with E-state index in [4.69, 9.17) is 4.74 Å². The number of nitrogens with one attached hydrogen (secondary N) is 2. The lowest BCUT2D eigenvalue weighted by molar-refractivity contribution is -0.123. The van der Waals surface area contributed by atoms with Crippen LogP contribution in [0.25, 0.3) is 11.8 Å². The van der Waals surface area contributed by atoms with E-state index in [2.05, 4.69) is 10.4 Å². The molecule has 192 valence electrons. The van der Waals surface area contributed by atoms with Crippen molar-refractivity contribution in [2.24, 2.45) is 0 Å². The van der Waals surface area contributed by atoms with Crippen LogP contribution in [0.5, 0.6) is 5.75 Å². The lowest BCUT2D eigenvalue weighted by Crippen LogP contribution is -2.30. The highest BCUT2D eigenvalue weighted by Crippen LogP contribution is 2.21. The van der Waals surface area contributed by atoms with Gasteiger partial charge in [-0.2, -0.15) is 0 Å². The minimum Gasteiger partial charge on any atom is -0.497 e. The van der Waals surface area contributed by atoms with Crippen molar-refractivity contribution in [1.29, 1.82) is 0 Å². The smallest absolute Gasteiger partial charge is 0.329 e. The van der Waals surface area contributed by atoms with Crippen LogP contribution in [0.1, 0.15) is 27.9 Å². The van der Waals surface area contributed by atoms with Gasteiger partial charge in [0.2, 0.25) is 0 Å². The number of hydrogen-bond donors (Lipinski definition) is 2. The first-order valence-corrected chi connectivity index (χ1v) is 12.0. The highest BCUT2D eigenvalue weighted by atomic mass is 19.1. The van der Waals surface area contributed by atoms with Gasteiger partial charge in [0.1, 0.15) is 17.3 Å². The zero-order valence-corrected chi connectivity index (χ0v) is 20.8. The van der Waals surface area contributed by atoms with Crippen LogP contribution in [-0.4, -0.2) is 33.7 Å². The lowest BCUT2D eigenvalue weighted by atomic mass is 10.1. The second kappa shape index (κ2) is 10.2. The summed E-state index contributed by atoms with van der Waals surface area (Å²) in [4.78, 5) is 40.4. The number of carbonyl (C=O) groups is 2. The predicted molar refractivity (Wildman–Crippen MR) is 140 cm³/mol. The van der Waals surface area contributed by atoms with Crippen molar-refractivity contribution >= 4 is 18.0 Å². The number of rotatable bonds is 7. The van der Waals surface area contributed by atoms with Gasteiger partial charge >= 0.3 is 6.03 Å². The van der Waals surface area contributed by atoms with Crippen LogP contribution >= 0.6 is 0 Å². The average Bonchev–Trinajstić information content (AvgIpc) is 3.37. The molecule has 1 aliphatic rings. The second-order valence-electron chi connectivity index (χ2n) is 9.01. The molecule has 2 heterocycles. The summed E-state index contributed by atoms with van der Waals surface area (Å²) in [6.07, 6.45) is 1.67. The molecule has 1 aliphatic heterocycles. The molecule has 1 fully saturated rings. The first-order valence-electron chi connectivity index (χ1n) is 12.0. The Balaban J connectivity index is 1.52. The maximum atomic E-state index is 13.5. The maximum absolute atomic E-state index is 13.5. The summed E-state index contributed by atoms with van der Waals surface area (Å²) >= 11 is 0. The number of carbonyl (C=O) groups excluding carboxylic acids is 2. The van der Waals surface area contributed by atoms with Crippen molar-refractivity contribution in [1.82, 2.24) is 20.0 Å². The number of ether oxygens (including phenoxy) is 1. The molecular formula is C29H25FN4O4. The van der Waals surface area contributed by atoms with Crippen molar-refractivity contribution in [2.75, 3.05) is 7.11 Å². The molecule has 3 aromatic carbocycles. The summed E-state index contributed by atoms with van der Waals surface area (Å²) in [5, 5.41) is 5.70. The molecule has 2 N–H and O–H groups in total. The van der Waals surface area contributed by atoms with E-state index in [-0.39, 0.29) is 30.0 Å². The highest BCUT2D eigenvalue weighted by Gasteiger charge is 2.34. The summed E-state index contributed by atoms with van der Waals surface area (Å²) < 4.78 is 20.0. The fourth-order valence-corrected chi connectivity index (χ4v) is 4.23. The SMILES string of the molecule is COc1ccc(-n2[nH]c(Cc3ccc(F)cc3)c(C=C3NC(=O)N(Cc4ccc(C)cc4)C3=O)c2=O)cc1. The van der Waals surface area contributed by atoms with E-state index in [0.717, 1.165) is 21.6 Å². The molecular weight excluding hydrogens is 487 g/mol. The topological polar surface area (TPSA) is 96.4 Å². The van der Waals surface area contributed by atoms with E-state index in [1.807, 2.05) is 31.2 Å². The number of methoxy groups -OCH3 is 1. The third kappa shape index (κ3) is 4.99. The first-order chi connectivity index (χ1) is 18.3. The largest absolute Gasteiger partial charge is 0.497 e. The van der Waals surface area contributed by atoms with Crippen LogP contribution in [0.2, 0.25) is 0 Å². The highest BCUT2D eigenvalue weighted by molar-refractivity contribution is 6.13. The molecule has 0 bridgehead atoms. The Labute approximate surface area is 218 Å². The number of hydrogen-bond acceptors (Lipinski definition) is 4. The number of halogens is 1. The zero-order chi connectivity index (χ0) is 26.8. The standard InChI is InChI=1S/C29H25FN4O4/c1-18-3-5-20(6-4-18)17-33-28(36)26(31-29(33)37)16-24-25(15-19-7-9-21(30)10-8-19)32-34(27(24)35)22-11-13-23(38-2)14-12-22/h3-14,16,32H,15,17H2,1-2H3,(H,31,37). The van der Waals surface area contributed by atoms with Gasteiger partial charge in [0.25, 0.3) is 11.5 Å². The van der Waals surface area contributed by atoms with Crippen molar-refractivity contribution in [3.63, 3.8) is 0 Å². The van der Waals surface area contributed by atoms with Gasteiger partial charge in [0.15, 0.2) is 0 Å². The number of H-pyrrole nitrogens is 1. The van der Waals surface area contributed by atoms with E-state index in [0.29, 0.717) is 17.1 Å². The molecule has 0 radical (unpaired) electrons. The zero-order valence-electron chi connectivity index (χ0n) is 20.8. The van der Waals surface area contributed by atoms with Crippen LogP contribution in [0, 0.1) is 12.7 Å². The fraction of sp³-hybridized carbons (Fsp3) is 0.138. The lowest BCUT2D eigenvalue weighted by Gasteiger charge is -2.11. The van der Waals surface area contributed by atoms with Crippen LogP contribution in [0.4, 0.5) is 9.18 Å². The van der Waals surface area contributed by atoms with E-state index in [1.54, 1.807) is 43.5 Å².